The van der Waals surface area contributed by atoms with Gasteiger partial charge in [-0.2, -0.15) is 0 Å². The van der Waals surface area contributed by atoms with Crippen LogP contribution in [-0.2, 0) is 14.6 Å². The van der Waals surface area contributed by atoms with Gasteiger partial charge in [-0.1, -0.05) is 12.1 Å². The van der Waals surface area contributed by atoms with Crippen LogP contribution in [0.1, 0.15) is 18.4 Å². The zero-order valence-electron chi connectivity index (χ0n) is 17.8. The van der Waals surface area contributed by atoms with Crippen LogP contribution in [0.25, 0.3) is 0 Å². The molecule has 10 heteroatoms. The van der Waals surface area contributed by atoms with Gasteiger partial charge in [-0.05, 0) is 44.2 Å². The Labute approximate surface area is 182 Å². The number of hydrogen-bond acceptors (Lipinski definition) is 7. The van der Waals surface area contributed by atoms with Crippen molar-refractivity contribution in [2.75, 3.05) is 38.3 Å². The van der Waals surface area contributed by atoms with E-state index in [1.807, 2.05) is 11.9 Å². The van der Waals surface area contributed by atoms with Crippen molar-refractivity contribution in [2.24, 2.45) is 0 Å². The Morgan fingerprint density at radius 1 is 1.19 bits per heavy atom. The highest BCUT2D eigenvalue weighted by molar-refractivity contribution is 7.90. The number of nitro groups is 1. The van der Waals surface area contributed by atoms with Crippen molar-refractivity contribution < 1.29 is 22.9 Å². The van der Waals surface area contributed by atoms with Gasteiger partial charge in [0.1, 0.15) is 5.75 Å². The van der Waals surface area contributed by atoms with Gasteiger partial charge < -0.3 is 15.0 Å². The van der Waals surface area contributed by atoms with Gasteiger partial charge in [0.2, 0.25) is 5.91 Å². The van der Waals surface area contributed by atoms with Crippen LogP contribution in [0.4, 0.5) is 11.4 Å². The minimum absolute atomic E-state index is 0.0694. The smallest absolute Gasteiger partial charge is 0.271 e. The van der Waals surface area contributed by atoms with Gasteiger partial charge in [0.15, 0.2) is 9.84 Å². The fraction of sp³-hybridized carbons (Fsp3) is 0.381. The molecule has 0 saturated carbocycles. The highest BCUT2D eigenvalue weighted by atomic mass is 32.2. The second kappa shape index (κ2) is 10.9. The SMILES string of the molecule is Cc1ccc([N+](=O)[O-])cc1NC(=O)CCN(C)CCCOc1cccc(S(C)(=O)=O)c1. The van der Waals surface area contributed by atoms with Crippen molar-refractivity contribution in [3.8, 4) is 5.75 Å². The highest BCUT2D eigenvalue weighted by Gasteiger charge is 2.12. The van der Waals surface area contributed by atoms with Crippen molar-refractivity contribution >= 4 is 27.1 Å². The normalized spacial score (nSPS) is 11.4. The number of benzene rings is 2. The topological polar surface area (TPSA) is 119 Å². The number of anilines is 1. The number of non-ortho nitro benzene ring substituents is 1. The second-order valence-corrected chi connectivity index (χ2v) is 9.32. The summed E-state index contributed by atoms with van der Waals surface area (Å²) in [4.78, 5) is 24.8. The van der Waals surface area contributed by atoms with Crippen molar-refractivity contribution in [1.82, 2.24) is 4.90 Å². The molecule has 0 atom stereocenters. The van der Waals surface area contributed by atoms with Crippen LogP contribution in [0.3, 0.4) is 0 Å². The van der Waals surface area contributed by atoms with Crippen LogP contribution in [0.2, 0.25) is 0 Å². The van der Waals surface area contributed by atoms with E-state index in [0.717, 1.165) is 11.8 Å². The summed E-state index contributed by atoms with van der Waals surface area (Å²) in [5, 5.41) is 13.6. The Balaban J connectivity index is 1.73. The Morgan fingerprint density at radius 2 is 1.94 bits per heavy atom. The number of aryl methyl sites for hydroxylation is 1. The third-order valence-corrected chi connectivity index (χ3v) is 5.72. The average Bonchev–Trinajstić information content (AvgIpc) is 2.70. The van der Waals surface area contributed by atoms with Gasteiger partial charge in [0, 0.05) is 37.9 Å². The molecule has 0 heterocycles. The van der Waals surface area contributed by atoms with Crippen LogP contribution >= 0.6 is 0 Å². The molecule has 1 amide bonds. The molecule has 168 valence electrons. The molecule has 9 nitrogen and oxygen atoms in total. The molecule has 0 radical (unpaired) electrons. The maximum Gasteiger partial charge on any atom is 0.271 e. The molecule has 0 aliphatic carbocycles. The van der Waals surface area contributed by atoms with Crippen molar-refractivity contribution in [2.45, 2.75) is 24.7 Å². The van der Waals surface area contributed by atoms with Crippen LogP contribution in [0.5, 0.6) is 5.75 Å². The van der Waals surface area contributed by atoms with Crippen molar-refractivity contribution in [1.29, 1.82) is 0 Å². The van der Waals surface area contributed by atoms with Gasteiger partial charge >= 0.3 is 0 Å². The van der Waals surface area contributed by atoms with Crippen molar-refractivity contribution in [3.63, 3.8) is 0 Å². The minimum Gasteiger partial charge on any atom is -0.494 e. The number of ether oxygens (including phenoxy) is 1. The lowest BCUT2D eigenvalue weighted by atomic mass is 10.1. The van der Waals surface area contributed by atoms with E-state index in [1.54, 1.807) is 25.1 Å². The van der Waals surface area contributed by atoms with Crippen LogP contribution < -0.4 is 10.1 Å². The summed E-state index contributed by atoms with van der Waals surface area (Å²) in [5.74, 6) is 0.279. The van der Waals surface area contributed by atoms with E-state index in [9.17, 15) is 23.3 Å². The number of sulfone groups is 1. The van der Waals surface area contributed by atoms with Gasteiger partial charge in [0.05, 0.1) is 22.1 Å². The van der Waals surface area contributed by atoms with Gasteiger partial charge in [-0.25, -0.2) is 8.42 Å². The summed E-state index contributed by atoms with van der Waals surface area (Å²) in [7, 11) is -1.39. The first-order chi connectivity index (χ1) is 14.6. The summed E-state index contributed by atoms with van der Waals surface area (Å²) in [6, 6.07) is 10.7. The second-order valence-electron chi connectivity index (χ2n) is 7.31. The fourth-order valence-corrected chi connectivity index (χ4v) is 3.45. The molecule has 0 unspecified atom stereocenters. The summed E-state index contributed by atoms with van der Waals surface area (Å²) in [6.07, 6.45) is 2.10. The van der Waals surface area contributed by atoms with E-state index in [-0.39, 0.29) is 22.9 Å². The monoisotopic (exact) mass is 449 g/mol. The number of hydrogen-bond donors (Lipinski definition) is 1. The molecule has 0 bridgehead atoms. The molecule has 2 rings (SSSR count). The molecule has 2 aromatic carbocycles. The standard InChI is InChI=1S/C21H27N3O6S/c1-16-8-9-17(24(26)27)14-20(16)22-21(25)10-12-23(2)11-5-13-30-18-6-4-7-19(15-18)31(3,28)29/h4,6-9,14-15H,5,10-13H2,1-3H3,(H,22,25). The number of rotatable bonds is 11. The Bertz CT molecular complexity index is 1040. The first kappa shape index (κ1) is 24.3. The molecule has 0 spiro atoms. The first-order valence-corrected chi connectivity index (χ1v) is 11.6. The van der Waals surface area contributed by atoms with Crippen LogP contribution in [0, 0.1) is 17.0 Å². The lowest BCUT2D eigenvalue weighted by Gasteiger charge is -2.17. The number of carbonyl (C=O) groups excluding carboxylic acids is 1. The van der Waals surface area contributed by atoms with Crippen LogP contribution in [0.15, 0.2) is 47.4 Å². The fourth-order valence-electron chi connectivity index (χ4n) is 2.79. The lowest BCUT2D eigenvalue weighted by Crippen LogP contribution is -2.26. The third-order valence-electron chi connectivity index (χ3n) is 4.61. The highest BCUT2D eigenvalue weighted by Crippen LogP contribution is 2.22. The first-order valence-electron chi connectivity index (χ1n) is 9.72. The minimum atomic E-state index is -3.28. The molecule has 0 aliphatic rings. The van der Waals surface area contributed by atoms with E-state index in [1.165, 1.54) is 24.3 Å². The van der Waals surface area contributed by atoms with Gasteiger partial charge in [0.25, 0.3) is 5.69 Å². The van der Waals surface area contributed by atoms with E-state index >= 15 is 0 Å². The Morgan fingerprint density at radius 3 is 2.61 bits per heavy atom. The Kier molecular flexibility index (Phi) is 8.52. The molecule has 0 saturated heterocycles. The number of nitro benzene ring substituents is 1. The summed E-state index contributed by atoms with van der Waals surface area (Å²) < 4.78 is 28.8. The molecule has 0 aliphatic heterocycles. The predicted octanol–water partition coefficient (Wildman–Crippen LogP) is 3.04. The molecular formula is C21H27N3O6S. The zero-order chi connectivity index (χ0) is 23.0. The molecule has 2 aromatic rings. The number of nitrogens with zero attached hydrogens (tertiary/aromatic N) is 2. The molecular weight excluding hydrogens is 422 g/mol. The lowest BCUT2D eigenvalue weighted by molar-refractivity contribution is -0.384. The number of carbonyl (C=O) groups is 1. The van der Waals surface area contributed by atoms with Crippen LogP contribution in [-0.4, -0.2) is 57.1 Å². The van der Waals surface area contributed by atoms with Gasteiger partial charge in [-0.15, -0.1) is 0 Å². The maximum absolute atomic E-state index is 12.2. The quantitative estimate of drug-likeness (QED) is 0.318. The number of amides is 1. The third kappa shape index (κ3) is 7.99. The Hall–Kier alpha value is -2.98. The summed E-state index contributed by atoms with van der Waals surface area (Å²) in [5.41, 5.74) is 1.12. The summed E-state index contributed by atoms with van der Waals surface area (Å²) >= 11 is 0. The molecule has 0 fully saturated rings. The van der Waals surface area contributed by atoms with E-state index in [4.69, 9.17) is 4.74 Å². The van der Waals surface area contributed by atoms with E-state index in [0.29, 0.717) is 37.6 Å². The molecule has 0 aromatic heterocycles. The number of nitrogens with one attached hydrogen (secondary N) is 1. The zero-order valence-corrected chi connectivity index (χ0v) is 18.6. The van der Waals surface area contributed by atoms with E-state index < -0.39 is 14.8 Å². The predicted molar refractivity (Wildman–Crippen MR) is 118 cm³/mol. The van der Waals surface area contributed by atoms with Crippen molar-refractivity contribution in [3.05, 3.63) is 58.1 Å². The molecule has 1 N–H and O–H groups in total. The maximum atomic E-state index is 12.2. The largest absolute Gasteiger partial charge is 0.494 e. The summed E-state index contributed by atoms with van der Waals surface area (Å²) in [6.45, 7) is 3.39. The average molecular weight is 450 g/mol. The van der Waals surface area contributed by atoms with E-state index in [2.05, 4.69) is 5.32 Å². The molecule has 31 heavy (non-hydrogen) atoms. The van der Waals surface area contributed by atoms with Gasteiger partial charge in [-0.3, -0.25) is 14.9 Å².